The van der Waals surface area contributed by atoms with Gasteiger partial charge in [0.1, 0.15) is 0 Å². The number of hydrogen-bond donors (Lipinski definition) is 0. The van der Waals surface area contributed by atoms with Crippen molar-refractivity contribution in [3.05, 3.63) is 53.3 Å². The van der Waals surface area contributed by atoms with E-state index in [1.807, 2.05) is 50.2 Å². The van der Waals surface area contributed by atoms with Gasteiger partial charge in [0.05, 0.1) is 0 Å². The Kier molecular flexibility index (Phi) is 5.93. The minimum Gasteiger partial charge on any atom is -0.665 e. The Morgan fingerprint density at radius 1 is 1.06 bits per heavy atom. The number of methoxy groups -OCH3 is 1. The van der Waals surface area contributed by atoms with Crippen LogP contribution in [0.1, 0.15) is 17.0 Å². The van der Waals surface area contributed by atoms with Crippen molar-refractivity contribution in [2.45, 2.75) is 13.8 Å². The summed E-state index contributed by atoms with van der Waals surface area (Å²) in [6.07, 6.45) is 0. The van der Waals surface area contributed by atoms with Gasteiger partial charge in [-0.05, 0) is 0 Å². The number of nitrogens with zero attached hydrogens (tertiary/aromatic N) is 1. The van der Waals surface area contributed by atoms with Gasteiger partial charge >= 0.3 is 71.2 Å². The maximum absolute atomic E-state index is 5.12. The van der Waals surface area contributed by atoms with Gasteiger partial charge in [0, 0.05) is 0 Å². The van der Waals surface area contributed by atoms with Crippen molar-refractivity contribution in [2.24, 2.45) is 0 Å². The molecule has 2 rings (SSSR count). The van der Waals surface area contributed by atoms with Gasteiger partial charge < -0.3 is 4.98 Å². The minimum atomic E-state index is 0.956. The van der Waals surface area contributed by atoms with E-state index in [0.717, 1.165) is 17.1 Å². The standard InChI is InChI=1S/C8H8O.C6H8N.W/c1-7-5-3-4-6-8(7)9-2;1-5-3-4-6(2)7-5;/h1,3-6H,2H3;3-4H,1-2H3;/q;-1;. The number of benzene rings is 1. The average molecular weight is 398 g/mol. The van der Waals surface area contributed by atoms with E-state index in [4.69, 9.17) is 4.74 Å². The molecule has 0 amide bonds. The molecule has 0 radical (unpaired) electrons. The molecule has 0 N–H and O–H groups in total. The zero-order valence-corrected chi connectivity index (χ0v) is 13.2. The fourth-order valence-electron chi connectivity index (χ4n) is 1.36. The monoisotopic (exact) mass is 398 g/mol. The molecule has 0 bridgehead atoms. The van der Waals surface area contributed by atoms with Crippen LogP contribution in [0.5, 0.6) is 5.75 Å². The van der Waals surface area contributed by atoms with Crippen LogP contribution in [0, 0.1) is 13.8 Å². The van der Waals surface area contributed by atoms with Crippen LogP contribution in [-0.4, -0.2) is 11.5 Å². The van der Waals surface area contributed by atoms with Crippen molar-refractivity contribution in [3.63, 3.8) is 0 Å². The van der Waals surface area contributed by atoms with Crippen molar-refractivity contribution in [1.29, 1.82) is 0 Å². The predicted octanol–water partition coefficient (Wildman–Crippen LogP) is 2.65. The topological polar surface area (TPSA) is 23.3 Å². The van der Waals surface area contributed by atoms with Gasteiger partial charge in [-0.25, -0.2) is 0 Å². The molecule has 2 aromatic rings. The number of para-hydroxylation sites is 1. The van der Waals surface area contributed by atoms with Crippen molar-refractivity contribution >= 4 is 4.40 Å². The summed E-state index contributed by atoms with van der Waals surface area (Å²) in [5.41, 5.74) is 3.40. The Labute approximate surface area is 113 Å². The fraction of sp³-hybridized carbons (Fsp3) is 0.214. The third-order valence-electron chi connectivity index (χ3n) is 2.18. The van der Waals surface area contributed by atoms with Gasteiger partial charge in [0.25, 0.3) is 0 Å². The van der Waals surface area contributed by atoms with Gasteiger partial charge in [-0.1, -0.05) is 26.0 Å². The molecular formula is C14H16NOW-. The number of rotatable bonds is 2. The van der Waals surface area contributed by atoms with Crippen LogP contribution >= 0.6 is 0 Å². The van der Waals surface area contributed by atoms with E-state index in [-0.39, 0.29) is 0 Å². The SMILES string of the molecule is COc1ccccc1[CH]=[W].Cc1ccc(C)[n-]1. The van der Waals surface area contributed by atoms with Crippen molar-refractivity contribution in [3.8, 4) is 5.75 Å². The number of hydrogen-bond acceptors (Lipinski definition) is 1. The minimum absolute atomic E-state index is 0.956. The first-order valence-corrected chi connectivity index (χ1v) is 7.02. The Morgan fingerprint density at radius 2 is 1.65 bits per heavy atom. The van der Waals surface area contributed by atoms with Gasteiger partial charge in [-0.15, -0.1) is 0 Å². The van der Waals surface area contributed by atoms with Crippen molar-refractivity contribution in [1.82, 2.24) is 4.98 Å². The molecule has 1 aromatic heterocycles. The summed E-state index contributed by atoms with van der Waals surface area (Å²) >= 11 is 1.44. The summed E-state index contributed by atoms with van der Waals surface area (Å²) in [4.78, 5) is 4.11. The van der Waals surface area contributed by atoms with Crippen LogP contribution in [0.4, 0.5) is 0 Å². The second-order valence-electron chi connectivity index (χ2n) is 3.59. The van der Waals surface area contributed by atoms with E-state index >= 15 is 0 Å². The average Bonchev–Trinajstić information content (AvgIpc) is 2.73. The maximum Gasteiger partial charge on any atom is -0.0607 e. The zero-order valence-electron chi connectivity index (χ0n) is 10.3. The summed E-state index contributed by atoms with van der Waals surface area (Å²) in [6, 6.07) is 12.0. The molecule has 0 aliphatic rings. The molecule has 90 valence electrons. The Balaban J connectivity index is 0.000000181. The number of aromatic nitrogens is 1. The van der Waals surface area contributed by atoms with Crippen molar-refractivity contribution < 1.29 is 24.1 Å². The summed E-state index contributed by atoms with van der Waals surface area (Å²) in [7, 11) is 1.69. The molecule has 0 atom stereocenters. The zero-order chi connectivity index (χ0) is 12.7. The largest absolute Gasteiger partial charge is 0.665 e. The summed E-state index contributed by atoms with van der Waals surface area (Å²) in [5, 5.41) is 0. The molecule has 17 heavy (non-hydrogen) atoms. The molecule has 0 saturated carbocycles. The van der Waals surface area contributed by atoms with E-state index in [2.05, 4.69) is 9.38 Å². The molecule has 0 saturated heterocycles. The van der Waals surface area contributed by atoms with Gasteiger partial charge in [-0.2, -0.15) is 11.4 Å². The number of ether oxygens (including phenoxy) is 1. The third-order valence-corrected chi connectivity index (χ3v) is 3.10. The van der Waals surface area contributed by atoms with Crippen LogP contribution in [0.25, 0.3) is 0 Å². The molecular weight excluding hydrogens is 382 g/mol. The van der Waals surface area contributed by atoms with Crippen LogP contribution in [-0.2, 0) is 19.4 Å². The normalized spacial score (nSPS) is 9.12. The van der Waals surface area contributed by atoms with E-state index in [0.29, 0.717) is 0 Å². The molecule has 0 spiro atoms. The van der Waals surface area contributed by atoms with E-state index < -0.39 is 0 Å². The molecule has 1 aromatic carbocycles. The van der Waals surface area contributed by atoms with E-state index in [1.165, 1.54) is 24.9 Å². The summed E-state index contributed by atoms with van der Waals surface area (Å²) < 4.78 is 7.23. The van der Waals surface area contributed by atoms with E-state index in [9.17, 15) is 0 Å². The second kappa shape index (κ2) is 7.24. The molecule has 3 heteroatoms. The third kappa shape index (κ3) is 4.70. The van der Waals surface area contributed by atoms with Crippen LogP contribution in [0.15, 0.2) is 36.4 Å². The molecule has 0 unspecified atom stereocenters. The molecule has 0 fully saturated rings. The van der Waals surface area contributed by atoms with Crippen LogP contribution < -0.4 is 9.72 Å². The number of aryl methyl sites for hydroxylation is 2. The van der Waals surface area contributed by atoms with Crippen LogP contribution in [0.2, 0.25) is 0 Å². The van der Waals surface area contributed by atoms with E-state index in [1.54, 1.807) is 7.11 Å². The molecule has 0 aliphatic carbocycles. The Morgan fingerprint density at radius 3 is 2.00 bits per heavy atom. The quantitative estimate of drug-likeness (QED) is 0.777. The van der Waals surface area contributed by atoms with Crippen molar-refractivity contribution in [2.75, 3.05) is 7.11 Å². The van der Waals surface area contributed by atoms with Gasteiger partial charge in [0.15, 0.2) is 0 Å². The summed E-state index contributed by atoms with van der Waals surface area (Å²) in [5.74, 6) is 0.956. The second-order valence-corrected chi connectivity index (χ2v) is 4.43. The molecule has 0 aliphatic heterocycles. The first-order valence-electron chi connectivity index (χ1n) is 5.32. The Hall–Kier alpha value is -1.14. The predicted molar refractivity (Wildman–Crippen MR) is 67.4 cm³/mol. The first-order chi connectivity index (χ1) is 8.17. The fourth-order valence-corrected chi connectivity index (χ4v) is 2.06. The van der Waals surface area contributed by atoms with Crippen LogP contribution in [0.3, 0.4) is 0 Å². The maximum atomic E-state index is 5.12. The Bertz CT molecular complexity index is 460. The molecule has 2 nitrogen and oxygen atoms in total. The first kappa shape index (κ1) is 13.9. The molecule has 1 heterocycles. The van der Waals surface area contributed by atoms with Gasteiger partial charge in [-0.3, -0.25) is 0 Å². The van der Waals surface area contributed by atoms with Gasteiger partial charge in [0.2, 0.25) is 0 Å². The summed E-state index contributed by atoms with van der Waals surface area (Å²) in [6.45, 7) is 3.99. The smallest absolute Gasteiger partial charge is 0.0607 e.